The van der Waals surface area contributed by atoms with Crippen LogP contribution >= 0.6 is 0 Å². The van der Waals surface area contributed by atoms with Gasteiger partial charge in [-0.05, 0) is 42.5 Å². The maximum absolute atomic E-state index is 5.99. The van der Waals surface area contributed by atoms with Crippen molar-refractivity contribution >= 4 is 5.69 Å². The van der Waals surface area contributed by atoms with Gasteiger partial charge in [-0.3, -0.25) is 0 Å². The average molecular weight is 239 g/mol. The number of nitrogens with two attached hydrogens (primary N) is 1. The highest BCUT2D eigenvalue weighted by molar-refractivity contribution is 5.75. The van der Waals surface area contributed by atoms with E-state index in [1.165, 1.54) is 5.56 Å². The first-order valence-corrected chi connectivity index (χ1v) is 6.37. The number of para-hydroxylation sites is 1. The number of hydrogen-bond acceptors (Lipinski definition) is 2. The van der Waals surface area contributed by atoms with Gasteiger partial charge in [0.15, 0.2) is 0 Å². The number of anilines is 1. The molecule has 2 nitrogen and oxygen atoms in total. The van der Waals surface area contributed by atoms with Gasteiger partial charge >= 0.3 is 0 Å². The van der Waals surface area contributed by atoms with Crippen LogP contribution in [0.25, 0.3) is 11.1 Å². The molecule has 0 bridgehead atoms. The third-order valence-corrected chi connectivity index (χ3v) is 3.52. The molecule has 0 saturated carbocycles. The summed E-state index contributed by atoms with van der Waals surface area (Å²) in [4.78, 5) is 0. The summed E-state index contributed by atoms with van der Waals surface area (Å²) < 4.78 is 5.84. The first kappa shape index (κ1) is 11.1. The smallest absolute Gasteiger partial charge is 0.130 e. The summed E-state index contributed by atoms with van der Waals surface area (Å²) in [5, 5.41) is 0. The molecule has 0 aromatic heterocycles. The van der Waals surface area contributed by atoms with Gasteiger partial charge in [0.25, 0.3) is 0 Å². The maximum atomic E-state index is 5.99. The molecular formula is C16H17NO. The van der Waals surface area contributed by atoms with E-state index >= 15 is 0 Å². The fraction of sp³-hybridized carbons (Fsp3) is 0.250. The Morgan fingerprint density at radius 2 is 2.06 bits per heavy atom. The third kappa shape index (κ3) is 1.84. The zero-order valence-corrected chi connectivity index (χ0v) is 10.6. The van der Waals surface area contributed by atoms with E-state index in [-0.39, 0.29) is 0 Å². The Bertz CT molecular complexity index is 590. The molecule has 2 N–H and O–H groups in total. The average Bonchev–Trinajstić information content (AvgIpc) is 2.41. The number of fused-ring (bicyclic) bond motifs is 1. The molecule has 92 valence electrons. The molecule has 1 aliphatic rings. The molecule has 2 heteroatoms. The molecule has 0 atom stereocenters. The number of nitrogen functional groups attached to an aromatic ring is 1. The quantitative estimate of drug-likeness (QED) is 0.772. The predicted octanol–water partition coefficient (Wildman–Crippen LogP) is 3.57. The van der Waals surface area contributed by atoms with Gasteiger partial charge in [-0.1, -0.05) is 30.3 Å². The Morgan fingerprint density at radius 1 is 1.17 bits per heavy atom. The Morgan fingerprint density at radius 3 is 2.89 bits per heavy atom. The summed E-state index contributed by atoms with van der Waals surface area (Å²) in [7, 11) is 0. The highest BCUT2D eigenvalue weighted by atomic mass is 16.5. The van der Waals surface area contributed by atoms with Crippen LogP contribution in [-0.2, 0) is 6.42 Å². The molecular weight excluding hydrogens is 222 g/mol. The molecule has 0 saturated heterocycles. The van der Waals surface area contributed by atoms with Crippen molar-refractivity contribution in [3.63, 3.8) is 0 Å². The SMILES string of the molecule is Cc1ccc(-c2cccc3c2OCCC3)cc1N. The van der Waals surface area contributed by atoms with E-state index in [0.29, 0.717) is 0 Å². The molecule has 0 unspecified atom stereocenters. The van der Waals surface area contributed by atoms with Gasteiger partial charge in [-0.15, -0.1) is 0 Å². The summed E-state index contributed by atoms with van der Waals surface area (Å²) in [6, 6.07) is 12.6. The fourth-order valence-corrected chi connectivity index (χ4v) is 2.42. The van der Waals surface area contributed by atoms with Crippen LogP contribution < -0.4 is 10.5 Å². The van der Waals surface area contributed by atoms with E-state index in [0.717, 1.165) is 47.6 Å². The number of ether oxygens (including phenoxy) is 1. The number of rotatable bonds is 1. The van der Waals surface area contributed by atoms with Crippen molar-refractivity contribution in [1.29, 1.82) is 0 Å². The Labute approximate surface area is 107 Å². The normalized spacial score (nSPS) is 13.8. The molecule has 0 radical (unpaired) electrons. The van der Waals surface area contributed by atoms with Crippen molar-refractivity contribution in [2.75, 3.05) is 12.3 Å². The molecule has 0 amide bonds. The maximum Gasteiger partial charge on any atom is 0.130 e. The van der Waals surface area contributed by atoms with E-state index in [1.54, 1.807) is 0 Å². The van der Waals surface area contributed by atoms with Crippen LogP contribution in [0.15, 0.2) is 36.4 Å². The lowest BCUT2D eigenvalue weighted by Crippen LogP contribution is -2.09. The minimum atomic E-state index is 0.811. The Hall–Kier alpha value is -1.96. The second-order valence-corrected chi connectivity index (χ2v) is 4.82. The van der Waals surface area contributed by atoms with Gasteiger partial charge in [-0.2, -0.15) is 0 Å². The monoisotopic (exact) mass is 239 g/mol. The molecule has 0 aliphatic carbocycles. The lowest BCUT2D eigenvalue weighted by atomic mass is 9.96. The van der Waals surface area contributed by atoms with Gasteiger partial charge < -0.3 is 10.5 Å². The van der Waals surface area contributed by atoms with Crippen molar-refractivity contribution in [1.82, 2.24) is 0 Å². The predicted molar refractivity (Wildman–Crippen MR) is 74.8 cm³/mol. The van der Waals surface area contributed by atoms with Gasteiger partial charge in [0.1, 0.15) is 5.75 Å². The van der Waals surface area contributed by atoms with Crippen molar-refractivity contribution in [2.45, 2.75) is 19.8 Å². The summed E-state index contributed by atoms with van der Waals surface area (Å²) in [6.45, 7) is 2.83. The van der Waals surface area contributed by atoms with Gasteiger partial charge in [0.2, 0.25) is 0 Å². The van der Waals surface area contributed by atoms with Gasteiger partial charge in [-0.25, -0.2) is 0 Å². The van der Waals surface area contributed by atoms with Crippen LogP contribution in [0.5, 0.6) is 5.75 Å². The van der Waals surface area contributed by atoms with Gasteiger partial charge in [0.05, 0.1) is 6.61 Å². The van der Waals surface area contributed by atoms with E-state index < -0.39 is 0 Å². The lowest BCUT2D eigenvalue weighted by molar-refractivity contribution is 0.289. The highest BCUT2D eigenvalue weighted by Crippen LogP contribution is 2.37. The minimum absolute atomic E-state index is 0.811. The summed E-state index contributed by atoms with van der Waals surface area (Å²) in [5.74, 6) is 1.03. The summed E-state index contributed by atoms with van der Waals surface area (Å²) in [6.07, 6.45) is 2.21. The molecule has 1 aliphatic heterocycles. The molecule has 1 heterocycles. The molecule has 3 rings (SSSR count). The van der Waals surface area contributed by atoms with Crippen LogP contribution in [0.1, 0.15) is 17.5 Å². The Balaban J connectivity index is 2.13. The van der Waals surface area contributed by atoms with Crippen LogP contribution in [0, 0.1) is 6.92 Å². The van der Waals surface area contributed by atoms with Gasteiger partial charge in [0, 0.05) is 11.3 Å². The van der Waals surface area contributed by atoms with Crippen LogP contribution in [0.2, 0.25) is 0 Å². The van der Waals surface area contributed by atoms with E-state index in [2.05, 4.69) is 30.3 Å². The van der Waals surface area contributed by atoms with E-state index in [4.69, 9.17) is 10.5 Å². The standard InChI is InChI=1S/C16H17NO/c1-11-7-8-13(10-15(11)17)14-6-2-4-12-5-3-9-18-16(12)14/h2,4,6-8,10H,3,5,9,17H2,1H3. The molecule has 18 heavy (non-hydrogen) atoms. The summed E-state index contributed by atoms with van der Waals surface area (Å²) >= 11 is 0. The van der Waals surface area contributed by atoms with Crippen LogP contribution in [0.3, 0.4) is 0 Å². The topological polar surface area (TPSA) is 35.2 Å². The summed E-state index contributed by atoms with van der Waals surface area (Å²) in [5.41, 5.74) is 11.5. The van der Waals surface area contributed by atoms with E-state index in [9.17, 15) is 0 Å². The molecule has 0 spiro atoms. The molecule has 2 aromatic carbocycles. The Kier molecular flexibility index (Phi) is 2.71. The zero-order valence-electron chi connectivity index (χ0n) is 10.6. The lowest BCUT2D eigenvalue weighted by Gasteiger charge is -2.20. The second kappa shape index (κ2) is 4.37. The molecule has 2 aromatic rings. The zero-order chi connectivity index (χ0) is 12.5. The number of benzene rings is 2. The van der Waals surface area contributed by atoms with Crippen molar-refractivity contribution < 1.29 is 4.74 Å². The highest BCUT2D eigenvalue weighted by Gasteiger charge is 2.15. The van der Waals surface area contributed by atoms with Crippen LogP contribution in [0.4, 0.5) is 5.69 Å². The first-order chi connectivity index (χ1) is 8.75. The fourth-order valence-electron chi connectivity index (χ4n) is 2.42. The number of aryl methyl sites for hydroxylation is 2. The van der Waals surface area contributed by atoms with Crippen LogP contribution in [-0.4, -0.2) is 6.61 Å². The third-order valence-electron chi connectivity index (χ3n) is 3.52. The van der Waals surface area contributed by atoms with Crippen molar-refractivity contribution in [3.8, 4) is 16.9 Å². The number of hydrogen-bond donors (Lipinski definition) is 1. The second-order valence-electron chi connectivity index (χ2n) is 4.82. The first-order valence-electron chi connectivity index (χ1n) is 6.37. The minimum Gasteiger partial charge on any atom is -0.493 e. The largest absolute Gasteiger partial charge is 0.493 e. The van der Waals surface area contributed by atoms with Crippen molar-refractivity contribution in [2.24, 2.45) is 0 Å². The van der Waals surface area contributed by atoms with E-state index in [1.807, 2.05) is 13.0 Å². The van der Waals surface area contributed by atoms with Crippen molar-refractivity contribution in [3.05, 3.63) is 47.5 Å². The molecule has 0 fully saturated rings.